The van der Waals surface area contributed by atoms with E-state index in [-0.39, 0.29) is 5.91 Å². The standard InChI is InChI=1S/C20H26N2O3/c1-21(13-9-16-7-3-2-4-8-16)17-10-14-22(15-17)18(23)20(19(24)25)11-5-6-12-20/h2-8,17H,9-15H2,1H3,(H,24,25). The van der Waals surface area contributed by atoms with Crippen LogP contribution in [0.15, 0.2) is 42.5 Å². The normalized spacial score (nSPS) is 21.8. The first-order chi connectivity index (χ1) is 12.0. The molecule has 1 amide bonds. The summed E-state index contributed by atoms with van der Waals surface area (Å²) in [7, 11) is 2.09. The number of rotatable bonds is 6. The van der Waals surface area contributed by atoms with Crippen molar-refractivity contribution in [2.75, 3.05) is 26.7 Å². The number of aliphatic carboxylic acids is 1. The number of allylic oxidation sites excluding steroid dienone is 2. The van der Waals surface area contributed by atoms with Crippen molar-refractivity contribution in [2.24, 2.45) is 5.41 Å². The molecular weight excluding hydrogens is 316 g/mol. The monoisotopic (exact) mass is 342 g/mol. The molecule has 5 heteroatoms. The summed E-state index contributed by atoms with van der Waals surface area (Å²) in [6.07, 6.45) is 6.13. The summed E-state index contributed by atoms with van der Waals surface area (Å²) >= 11 is 0. The highest BCUT2D eigenvalue weighted by Crippen LogP contribution is 2.36. The van der Waals surface area contributed by atoms with E-state index in [0.29, 0.717) is 32.0 Å². The fourth-order valence-corrected chi connectivity index (χ4v) is 3.81. The van der Waals surface area contributed by atoms with Crippen molar-refractivity contribution in [2.45, 2.75) is 31.7 Å². The molecule has 1 heterocycles. The minimum Gasteiger partial charge on any atom is -0.480 e. The number of carboxylic acid groups (broad SMARTS) is 1. The molecule has 2 aliphatic rings. The summed E-state index contributed by atoms with van der Waals surface area (Å²) in [5.74, 6) is -1.22. The fraction of sp³-hybridized carbons (Fsp3) is 0.500. The molecule has 1 aromatic rings. The Bertz CT molecular complexity index is 648. The quantitative estimate of drug-likeness (QED) is 0.636. The van der Waals surface area contributed by atoms with Gasteiger partial charge in [0.05, 0.1) is 0 Å². The molecule has 25 heavy (non-hydrogen) atoms. The summed E-state index contributed by atoms with van der Waals surface area (Å²) in [5.41, 5.74) is 0.0412. The number of hydrogen-bond donors (Lipinski definition) is 1. The maximum absolute atomic E-state index is 12.8. The zero-order valence-electron chi connectivity index (χ0n) is 14.7. The third-order valence-electron chi connectivity index (χ3n) is 5.59. The first-order valence-corrected chi connectivity index (χ1v) is 8.95. The van der Waals surface area contributed by atoms with Crippen LogP contribution >= 0.6 is 0 Å². The molecule has 0 spiro atoms. The Labute approximate surface area is 148 Å². The Balaban J connectivity index is 1.56. The average molecular weight is 342 g/mol. The molecule has 0 aromatic heterocycles. The zero-order chi connectivity index (χ0) is 17.9. The summed E-state index contributed by atoms with van der Waals surface area (Å²) in [6.45, 7) is 2.20. The lowest BCUT2D eigenvalue weighted by molar-refractivity contribution is -0.159. The van der Waals surface area contributed by atoms with Crippen LogP contribution in [0.3, 0.4) is 0 Å². The van der Waals surface area contributed by atoms with Gasteiger partial charge < -0.3 is 14.9 Å². The molecule has 0 radical (unpaired) electrons. The third kappa shape index (κ3) is 3.61. The second-order valence-corrected chi connectivity index (χ2v) is 7.18. The van der Waals surface area contributed by atoms with Gasteiger partial charge in [-0.25, -0.2) is 0 Å². The molecule has 1 saturated heterocycles. The van der Waals surface area contributed by atoms with Crippen molar-refractivity contribution >= 4 is 11.9 Å². The summed E-state index contributed by atoms with van der Waals surface area (Å²) < 4.78 is 0. The van der Waals surface area contributed by atoms with Crippen LogP contribution in [-0.4, -0.2) is 59.5 Å². The number of hydrogen-bond acceptors (Lipinski definition) is 3. The number of likely N-dealkylation sites (N-methyl/N-ethyl adjacent to an activating group) is 1. The van der Waals surface area contributed by atoms with Crippen molar-refractivity contribution in [3.63, 3.8) is 0 Å². The maximum atomic E-state index is 12.8. The molecule has 1 fully saturated rings. The molecule has 1 atom stereocenters. The van der Waals surface area contributed by atoms with E-state index in [1.807, 2.05) is 30.4 Å². The van der Waals surface area contributed by atoms with Gasteiger partial charge >= 0.3 is 5.97 Å². The Hall–Kier alpha value is -2.14. The van der Waals surface area contributed by atoms with Gasteiger partial charge in [0, 0.05) is 25.7 Å². The minimum atomic E-state index is -1.27. The highest BCUT2D eigenvalue weighted by atomic mass is 16.4. The SMILES string of the molecule is CN(CCc1ccccc1)C1CCN(C(=O)C2(C(=O)O)CC=CC2)C1. The molecule has 1 N–H and O–H groups in total. The molecule has 5 nitrogen and oxygen atoms in total. The fourth-order valence-electron chi connectivity index (χ4n) is 3.81. The van der Waals surface area contributed by atoms with Gasteiger partial charge in [0.15, 0.2) is 5.41 Å². The van der Waals surface area contributed by atoms with Crippen LogP contribution in [0.25, 0.3) is 0 Å². The highest BCUT2D eigenvalue weighted by molar-refractivity contribution is 6.02. The molecule has 134 valence electrons. The van der Waals surface area contributed by atoms with Crippen molar-refractivity contribution in [3.8, 4) is 0 Å². The molecule has 1 aromatic carbocycles. The van der Waals surface area contributed by atoms with E-state index in [9.17, 15) is 14.7 Å². The Morgan fingerprint density at radius 2 is 1.92 bits per heavy atom. The van der Waals surface area contributed by atoms with Gasteiger partial charge in [0.25, 0.3) is 0 Å². The number of carbonyl (C=O) groups excluding carboxylic acids is 1. The second kappa shape index (κ2) is 7.40. The van der Waals surface area contributed by atoms with Gasteiger partial charge in [0.2, 0.25) is 5.91 Å². The summed E-state index contributed by atoms with van der Waals surface area (Å²) in [5, 5.41) is 9.58. The van der Waals surface area contributed by atoms with Gasteiger partial charge in [-0.1, -0.05) is 42.5 Å². The zero-order valence-corrected chi connectivity index (χ0v) is 14.7. The minimum absolute atomic E-state index is 0.219. The first kappa shape index (κ1) is 17.7. The van der Waals surface area contributed by atoms with Crippen molar-refractivity contribution in [1.29, 1.82) is 0 Å². The van der Waals surface area contributed by atoms with E-state index in [2.05, 4.69) is 24.1 Å². The van der Waals surface area contributed by atoms with E-state index in [1.54, 1.807) is 4.90 Å². The van der Waals surface area contributed by atoms with Crippen LogP contribution in [0.5, 0.6) is 0 Å². The predicted molar refractivity (Wildman–Crippen MR) is 96.2 cm³/mol. The number of likely N-dealkylation sites (tertiary alicyclic amines) is 1. The summed E-state index contributed by atoms with van der Waals surface area (Å²) in [4.78, 5) is 28.6. The predicted octanol–water partition coefficient (Wildman–Crippen LogP) is 2.18. The number of carboxylic acids is 1. The van der Waals surface area contributed by atoms with Crippen LogP contribution in [0, 0.1) is 5.41 Å². The molecule has 0 saturated carbocycles. The Morgan fingerprint density at radius 3 is 2.56 bits per heavy atom. The van der Waals surface area contributed by atoms with Crippen LogP contribution in [-0.2, 0) is 16.0 Å². The second-order valence-electron chi connectivity index (χ2n) is 7.18. The van der Waals surface area contributed by atoms with Crippen molar-refractivity contribution in [1.82, 2.24) is 9.80 Å². The molecule has 1 unspecified atom stereocenters. The molecule has 1 aliphatic heterocycles. The summed E-state index contributed by atoms with van der Waals surface area (Å²) in [6, 6.07) is 10.7. The van der Waals surface area contributed by atoms with Gasteiger partial charge in [-0.3, -0.25) is 9.59 Å². The van der Waals surface area contributed by atoms with Gasteiger partial charge in [0.1, 0.15) is 0 Å². The van der Waals surface area contributed by atoms with Crippen LogP contribution in [0.4, 0.5) is 0 Å². The van der Waals surface area contributed by atoms with Crippen molar-refractivity contribution in [3.05, 3.63) is 48.0 Å². The van der Waals surface area contributed by atoms with E-state index in [0.717, 1.165) is 19.4 Å². The number of carbonyl (C=O) groups is 2. The highest BCUT2D eigenvalue weighted by Gasteiger charge is 2.49. The lowest BCUT2D eigenvalue weighted by Gasteiger charge is -2.30. The van der Waals surface area contributed by atoms with E-state index in [1.165, 1.54) is 5.56 Å². The Kier molecular flexibility index (Phi) is 5.23. The van der Waals surface area contributed by atoms with Crippen molar-refractivity contribution < 1.29 is 14.7 Å². The lowest BCUT2D eigenvalue weighted by Crippen LogP contribution is -2.47. The molecular formula is C20H26N2O3. The lowest BCUT2D eigenvalue weighted by atomic mass is 9.84. The topological polar surface area (TPSA) is 60.9 Å². The van der Waals surface area contributed by atoms with Crippen LogP contribution < -0.4 is 0 Å². The smallest absolute Gasteiger partial charge is 0.319 e. The van der Waals surface area contributed by atoms with Gasteiger partial charge in [-0.05, 0) is 38.3 Å². The van der Waals surface area contributed by atoms with E-state index in [4.69, 9.17) is 0 Å². The molecule has 1 aliphatic carbocycles. The maximum Gasteiger partial charge on any atom is 0.319 e. The average Bonchev–Trinajstić information content (AvgIpc) is 3.30. The molecule has 3 rings (SSSR count). The van der Waals surface area contributed by atoms with Crippen LogP contribution in [0.2, 0.25) is 0 Å². The largest absolute Gasteiger partial charge is 0.480 e. The van der Waals surface area contributed by atoms with E-state index >= 15 is 0 Å². The van der Waals surface area contributed by atoms with Crippen LogP contribution in [0.1, 0.15) is 24.8 Å². The van der Waals surface area contributed by atoms with Gasteiger partial charge in [-0.15, -0.1) is 0 Å². The number of benzene rings is 1. The molecule has 0 bridgehead atoms. The third-order valence-corrected chi connectivity index (χ3v) is 5.59. The number of amides is 1. The van der Waals surface area contributed by atoms with E-state index < -0.39 is 11.4 Å². The van der Waals surface area contributed by atoms with Gasteiger partial charge in [-0.2, -0.15) is 0 Å². The number of nitrogens with zero attached hydrogens (tertiary/aromatic N) is 2. The Morgan fingerprint density at radius 1 is 1.24 bits per heavy atom. The first-order valence-electron chi connectivity index (χ1n) is 8.95.